The van der Waals surface area contributed by atoms with E-state index in [0.29, 0.717) is 46.7 Å². The molecule has 0 radical (unpaired) electrons. The lowest BCUT2D eigenvalue weighted by atomic mass is 9.71. The highest BCUT2D eigenvalue weighted by atomic mass is 35.5. The Bertz CT molecular complexity index is 1630. The summed E-state index contributed by atoms with van der Waals surface area (Å²) in [6, 6.07) is 7.41. The molecule has 1 N–H and O–H groups in total. The van der Waals surface area contributed by atoms with Crippen LogP contribution in [0.1, 0.15) is 76.8 Å². The molecule has 6 rings (SSSR count). The first-order valence-electron chi connectivity index (χ1n) is 15.3. The zero-order valence-corrected chi connectivity index (χ0v) is 26.3. The third-order valence-electron chi connectivity index (χ3n) is 9.87. The van der Waals surface area contributed by atoms with E-state index in [1.807, 2.05) is 6.92 Å². The number of aromatic nitrogens is 3. The van der Waals surface area contributed by atoms with Gasteiger partial charge in [0.1, 0.15) is 10.7 Å². The molecule has 1 spiro atoms. The first kappa shape index (κ1) is 29.5. The fraction of sp³-hybridized carbons (Fsp3) is 0.581. The van der Waals surface area contributed by atoms with Crippen molar-refractivity contribution in [2.24, 2.45) is 5.41 Å². The van der Waals surface area contributed by atoms with Crippen LogP contribution in [0.5, 0.6) is 0 Å². The molecule has 2 aromatic heterocycles. The highest BCUT2D eigenvalue weighted by molar-refractivity contribution is 7.89. The minimum absolute atomic E-state index is 0.0742. The summed E-state index contributed by atoms with van der Waals surface area (Å²) in [6.45, 7) is 9.72. The van der Waals surface area contributed by atoms with E-state index < -0.39 is 10.0 Å². The first-order valence-corrected chi connectivity index (χ1v) is 17.1. The van der Waals surface area contributed by atoms with Crippen molar-refractivity contribution in [2.75, 3.05) is 31.5 Å². The number of hydrogen-bond acceptors (Lipinski definition) is 7. The molecule has 42 heavy (non-hydrogen) atoms. The summed E-state index contributed by atoms with van der Waals surface area (Å²) < 4.78 is 30.6. The maximum atomic E-state index is 13.6. The van der Waals surface area contributed by atoms with Crippen LogP contribution in [-0.2, 0) is 10.0 Å². The number of halogens is 1. The topological polar surface area (TPSA) is 100 Å². The lowest BCUT2D eigenvalue weighted by Crippen LogP contribution is -2.49. The Balaban J connectivity index is 1.18. The number of pyridine rings is 1. The number of fused-ring (bicyclic) bond motifs is 1. The van der Waals surface area contributed by atoms with E-state index in [4.69, 9.17) is 16.6 Å². The Kier molecular flexibility index (Phi) is 8.10. The number of anilines is 2. The SMILES string of the molecule is Cc1cc(S(=O)(=O)N2CCC3(CCN(C(C)C)CC3)CC2)ccc1Nc1ncc2cc(Cl)c(=O)n(C3CCCC3)c2n1. The molecule has 4 heterocycles. The van der Waals surface area contributed by atoms with Crippen molar-refractivity contribution in [1.29, 1.82) is 0 Å². The van der Waals surface area contributed by atoms with Crippen LogP contribution in [0.25, 0.3) is 11.0 Å². The molecule has 3 aromatic rings. The van der Waals surface area contributed by atoms with Crippen molar-refractivity contribution in [2.45, 2.75) is 89.1 Å². The van der Waals surface area contributed by atoms with Gasteiger partial charge in [-0.1, -0.05) is 24.4 Å². The summed E-state index contributed by atoms with van der Waals surface area (Å²) in [6.07, 6.45) is 9.82. The molecular weight excluding hydrogens is 572 g/mol. The fourth-order valence-electron chi connectivity index (χ4n) is 7.07. The van der Waals surface area contributed by atoms with Gasteiger partial charge in [-0.05, 0) is 108 Å². The van der Waals surface area contributed by atoms with Crippen molar-refractivity contribution < 1.29 is 8.42 Å². The molecule has 1 saturated carbocycles. The first-order chi connectivity index (χ1) is 20.1. The van der Waals surface area contributed by atoms with Crippen LogP contribution >= 0.6 is 11.6 Å². The van der Waals surface area contributed by atoms with Gasteiger partial charge in [0.2, 0.25) is 16.0 Å². The number of piperidine rings is 2. The lowest BCUT2D eigenvalue weighted by Gasteiger charge is -2.47. The normalized spacial score (nSPS) is 20.6. The molecule has 0 unspecified atom stereocenters. The number of hydrogen-bond donors (Lipinski definition) is 1. The summed E-state index contributed by atoms with van der Waals surface area (Å²) >= 11 is 6.26. The molecule has 2 aliphatic heterocycles. The van der Waals surface area contributed by atoms with E-state index in [1.54, 1.807) is 39.3 Å². The molecule has 0 atom stereocenters. The van der Waals surface area contributed by atoms with Gasteiger partial charge in [0.25, 0.3) is 5.56 Å². The van der Waals surface area contributed by atoms with E-state index in [9.17, 15) is 13.2 Å². The third-order valence-corrected chi connectivity index (χ3v) is 12.0. The smallest absolute Gasteiger partial charge is 0.271 e. The third kappa shape index (κ3) is 5.58. The van der Waals surface area contributed by atoms with Gasteiger partial charge in [0.15, 0.2) is 0 Å². The largest absolute Gasteiger partial charge is 0.324 e. The molecule has 0 amide bonds. The van der Waals surface area contributed by atoms with E-state index in [0.717, 1.165) is 70.0 Å². The number of sulfonamides is 1. The molecule has 9 nitrogen and oxygen atoms in total. The van der Waals surface area contributed by atoms with Gasteiger partial charge in [-0.2, -0.15) is 9.29 Å². The number of likely N-dealkylation sites (tertiary alicyclic amines) is 1. The van der Waals surface area contributed by atoms with Gasteiger partial charge in [-0.25, -0.2) is 13.4 Å². The van der Waals surface area contributed by atoms with Crippen LogP contribution in [-0.4, -0.2) is 64.4 Å². The van der Waals surface area contributed by atoms with Gasteiger partial charge >= 0.3 is 0 Å². The number of aryl methyl sites for hydroxylation is 1. The molecule has 226 valence electrons. The number of nitrogens with one attached hydrogen (secondary N) is 1. The van der Waals surface area contributed by atoms with Crippen molar-refractivity contribution in [1.82, 2.24) is 23.7 Å². The Morgan fingerprint density at radius 2 is 1.69 bits per heavy atom. The number of nitrogens with zero attached hydrogens (tertiary/aromatic N) is 5. The molecule has 3 fully saturated rings. The van der Waals surface area contributed by atoms with Crippen LogP contribution in [0.2, 0.25) is 5.02 Å². The van der Waals surface area contributed by atoms with Crippen molar-refractivity contribution in [3.8, 4) is 0 Å². The van der Waals surface area contributed by atoms with Crippen LogP contribution < -0.4 is 10.9 Å². The molecule has 1 aliphatic carbocycles. The molecular formula is C31H41ClN6O3S. The molecule has 2 saturated heterocycles. The average Bonchev–Trinajstić information content (AvgIpc) is 3.50. The Hall–Kier alpha value is -2.53. The number of benzene rings is 1. The van der Waals surface area contributed by atoms with Crippen LogP contribution in [0.3, 0.4) is 0 Å². The van der Waals surface area contributed by atoms with Gasteiger partial charge < -0.3 is 10.2 Å². The highest BCUT2D eigenvalue weighted by Gasteiger charge is 2.40. The molecule has 0 bridgehead atoms. The molecule has 3 aliphatic rings. The highest BCUT2D eigenvalue weighted by Crippen LogP contribution is 2.42. The minimum Gasteiger partial charge on any atom is -0.324 e. The lowest BCUT2D eigenvalue weighted by molar-refractivity contribution is 0.0433. The standard InChI is InChI=1S/C31H41ClN6O3S/c1-21(2)36-14-10-31(11-15-36)12-16-37(17-13-31)42(40,41)25-8-9-27(22(3)18-25)34-30-33-20-23-19-26(32)29(39)38(28(23)35-30)24-6-4-5-7-24/h8-9,18-21,24H,4-7,10-17H2,1-3H3,(H,33,34,35). The van der Waals surface area contributed by atoms with Gasteiger partial charge in [-0.15, -0.1) is 0 Å². The van der Waals surface area contributed by atoms with Crippen molar-refractivity contribution >= 4 is 44.3 Å². The van der Waals surface area contributed by atoms with Crippen LogP contribution in [0.15, 0.2) is 40.2 Å². The predicted molar refractivity (Wildman–Crippen MR) is 167 cm³/mol. The zero-order valence-electron chi connectivity index (χ0n) is 24.8. The van der Waals surface area contributed by atoms with E-state index >= 15 is 0 Å². The summed E-state index contributed by atoms with van der Waals surface area (Å²) in [5.74, 6) is 0.347. The second-order valence-electron chi connectivity index (χ2n) is 12.7. The Labute approximate surface area is 253 Å². The Morgan fingerprint density at radius 3 is 2.33 bits per heavy atom. The van der Waals surface area contributed by atoms with Crippen molar-refractivity contribution in [3.63, 3.8) is 0 Å². The second-order valence-corrected chi connectivity index (χ2v) is 15.1. The summed E-state index contributed by atoms with van der Waals surface area (Å²) in [4.78, 5) is 25.0. The second kappa shape index (κ2) is 11.5. The predicted octanol–water partition coefficient (Wildman–Crippen LogP) is 5.89. The van der Waals surface area contributed by atoms with Gasteiger partial charge in [0.05, 0.1) is 4.90 Å². The molecule has 11 heteroatoms. The van der Waals surface area contributed by atoms with E-state index in [2.05, 4.69) is 29.0 Å². The maximum absolute atomic E-state index is 13.6. The van der Waals surface area contributed by atoms with Crippen LogP contribution in [0, 0.1) is 12.3 Å². The zero-order chi connectivity index (χ0) is 29.6. The Morgan fingerprint density at radius 1 is 1.02 bits per heavy atom. The maximum Gasteiger partial charge on any atom is 0.271 e. The summed E-state index contributed by atoms with van der Waals surface area (Å²) in [5.41, 5.74) is 2.10. The van der Waals surface area contributed by atoms with E-state index in [-0.39, 0.29) is 22.0 Å². The quantitative estimate of drug-likeness (QED) is 0.371. The number of rotatable bonds is 6. The summed E-state index contributed by atoms with van der Waals surface area (Å²) in [7, 11) is -3.59. The molecule has 1 aromatic carbocycles. The summed E-state index contributed by atoms with van der Waals surface area (Å²) in [5, 5.41) is 4.13. The fourth-order valence-corrected chi connectivity index (χ4v) is 8.81. The van der Waals surface area contributed by atoms with Crippen LogP contribution in [0.4, 0.5) is 11.6 Å². The van der Waals surface area contributed by atoms with Gasteiger partial charge in [0, 0.05) is 42.4 Å². The minimum atomic E-state index is -3.59. The monoisotopic (exact) mass is 612 g/mol. The average molecular weight is 613 g/mol. The van der Waals surface area contributed by atoms with E-state index in [1.165, 1.54) is 0 Å². The van der Waals surface area contributed by atoms with Crippen molar-refractivity contribution in [3.05, 3.63) is 51.4 Å². The van der Waals surface area contributed by atoms with Gasteiger partial charge in [-0.3, -0.25) is 9.36 Å².